The highest BCUT2D eigenvalue weighted by atomic mass is 32.2. The number of primary amides is 2. The molecule has 0 spiro atoms. The van der Waals surface area contributed by atoms with Crippen LogP contribution in [-0.2, 0) is 43.2 Å². The van der Waals surface area contributed by atoms with Crippen molar-refractivity contribution in [3.63, 3.8) is 0 Å². The van der Waals surface area contributed by atoms with Gasteiger partial charge < -0.3 is 76.5 Å². The van der Waals surface area contributed by atoms with Crippen LogP contribution in [0.1, 0.15) is 71.6 Å². The Morgan fingerprint density at radius 2 is 1.05 bits per heavy atom. The summed E-state index contributed by atoms with van der Waals surface area (Å²) in [5.41, 5.74) is 32.3. The van der Waals surface area contributed by atoms with E-state index in [1.165, 1.54) is 11.8 Å². The van der Waals surface area contributed by atoms with Crippen molar-refractivity contribution in [1.82, 2.24) is 31.9 Å². The average molecular weight is 862 g/mol. The Balaban J connectivity index is 6.31. The molecule has 0 aliphatic rings. The van der Waals surface area contributed by atoms with Crippen LogP contribution in [0.5, 0.6) is 0 Å². The van der Waals surface area contributed by atoms with E-state index in [0.29, 0.717) is 18.6 Å². The molecule has 0 unspecified atom stereocenters. The van der Waals surface area contributed by atoms with Crippen LogP contribution >= 0.6 is 11.8 Å². The molecule has 24 nitrogen and oxygen atoms in total. The molecule has 0 aromatic rings. The van der Waals surface area contributed by atoms with E-state index in [1.807, 2.05) is 0 Å². The minimum Gasteiger partial charge on any atom is -0.480 e. The minimum absolute atomic E-state index is 0.0121. The molecule has 336 valence electrons. The van der Waals surface area contributed by atoms with Gasteiger partial charge in [0.25, 0.3) is 0 Å². The lowest BCUT2D eigenvalue weighted by molar-refractivity contribution is -0.143. The Morgan fingerprint density at radius 3 is 1.49 bits per heavy atom. The molecule has 0 aliphatic carbocycles. The lowest BCUT2D eigenvalue weighted by Gasteiger charge is -2.27. The summed E-state index contributed by atoms with van der Waals surface area (Å²) in [6.45, 7) is 2.87. The van der Waals surface area contributed by atoms with E-state index < -0.39 is 115 Å². The molecule has 0 saturated carbocycles. The SMILES string of the molecule is CSCC[C@H](NC(=O)[C@H](CCCCN)NC(=O)[C@H](CO)NC(=O)[C@H](CC(N)=O)NC(=O)[C@@H](N)CC(N)=O)C(=O)N[C@@H](CCCN=C(N)N)C(=O)N[C@@H](CC(C)C)C(=O)O. The number of rotatable bonds is 31. The van der Waals surface area contributed by atoms with Gasteiger partial charge in [-0.1, -0.05) is 13.8 Å². The van der Waals surface area contributed by atoms with Gasteiger partial charge in [0.05, 0.1) is 25.5 Å². The lowest BCUT2D eigenvalue weighted by atomic mass is 10.0. The third kappa shape index (κ3) is 23.0. The summed E-state index contributed by atoms with van der Waals surface area (Å²) in [5, 5.41) is 34.1. The predicted molar refractivity (Wildman–Crippen MR) is 217 cm³/mol. The molecule has 0 aromatic carbocycles. The fourth-order valence-corrected chi connectivity index (χ4v) is 5.76. The first-order valence-corrected chi connectivity index (χ1v) is 20.3. The number of carboxylic acid groups (broad SMARTS) is 1. The van der Waals surface area contributed by atoms with Gasteiger partial charge in [-0.25, -0.2) is 4.79 Å². The van der Waals surface area contributed by atoms with Gasteiger partial charge in [0.1, 0.15) is 36.3 Å². The number of hydrogen-bond donors (Lipinski definition) is 14. The molecule has 0 rings (SSSR count). The molecular formula is C34H63N13O11S. The first-order valence-electron chi connectivity index (χ1n) is 18.9. The number of thioether (sulfide) groups is 1. The van der Waals surface area contributed by atoms with Crippen LogP contribution in [0.2, 0.25) is 0 Å². The van der Waals surface area contributed by atoms with Crippen LogP contribution in [0.3, 0.4) is 0 Å². The molecule has 7 atom stereocenters. The molecule has 25 heteroatoms. The van der Waals surface area contributed by atoms with Crippen LogP contribution in [-0.4, -0.2) is 143 Å². The number of aliphatic carboxylic acids is 1. The number of nitrogens with zero attached hydrogens (tertiary/aromatic N) is 1. The van der Waals surface area contributed by atoms with Crippen LogP contribution < -0.4 is 66.3 Å². The third-order valence-electron chi connectivity index (χ3n) is 8.34. The number of unbranched alkanes of at least 4 members (excludes halogenated alkanes) is 1. The normalized spacial score (nSPS) is 14.5. The maximum absolute atomic E-state index is 13.8. The van der Waals surface area contributed by atoms with Crippen molar-refractivity contribution in [2.75, 3.05) is 31.7 Å². The molecule has 59 heavy (non-hydrogen) atoms. The van der Waals surface area contributed by atoms with E-state index in [-0.39, 0.29) is 57.1 Å². The number of aliphatic hydroxyl groups is 1. The summed E-state index contributed by atoms with van der Waals surface area (Å²) < 4.78 is 0. The van der Waals surface area contributed by atoms with Crippen molar-refractivity contribution in [3.05, 3.63) is 0 Å². The van der Waals surface area contributed by atoms with Crippen molar-refractivity contribution >= 4 is 70.9 Å². The number of hydrogen-bond acceptors (Lipinski definition) is 14. The summed E-state index contributed by atoms with van der Waals surface area (Å²) in [6.07, 6.45) is 1.48. The molecule has 0 heterocycles. The molecular weight excluding hydrogens is 799 g/mol. The van der Waals surface area contributed by atoms with Crippen molar-refractivity contribution in [1.29, 1.82) is 0 Å². The highest BCUT2D eigenvalue weighted by Gasteiger charge is 2.34. The van der Waals surface area contributed by atoms with Crippen molar-refractivity contribution in [2.24, 2.45) is 45.3 Å². The van der Waals surface area contributed by atoms with Gasteiger partial charge >= 0.3 is 5.97 Å². The van der Waals surface area contributed by atoms with E-state index in [0.717, 1.165) is 0 Å². The number of aliphatic hydroxyl groups excluding tert-OH is 1. The van der Waals surface area contributed by atoms with Gasteiger partial charge in [0.15, 0.2) is 5.96 Å². The number of nitrogens with two attached hydrogens (primary N) is 6. The van der Waals surface area contributed by atoms with Crippen molar-refractivity contribution < 1.29 is 53.4 Å². The van der Waals surface area contributed by atoms with E-state index >= 15 is 0 Å². The van der Waals surface area contributed by atoms with Crippen LogP contribution in [0.25, 0.3) is 0 Å². The topological polar surface area (TPSA) is 435 Å². The highest BCUT2D eigenvalue weighted by molar-refractivity contribution is 7.98. The second kappa shape index (κ2) is 29.0. The summed E-state index contributed by atoms with van der Waals surface area (Å²) in [7, 11) is 0. The maximum Gasteiger partial charge on any atom is 0.326 e. The zero-order valence-electron chi connectivity index (χ0n) is 33.7. The van der Waals surface area contributed by atoms with E-state index in [2.05, 4.69) is 36.9 Å². The molecule has 20 N–H and O–H groups in total. The fraction of sp³-hybridized carbons (Fsp3) is 0.706. The smallest absolute Gasteiger partial charge is 0.326 e. The van der Waals surface area contributed by atoms with E-state index in [9.17, 15) is 53.4 Å². The first kappa shape index (κ1) is 53.7. The number of carbonyl (C=O) groups excluding carboxylic acids is 8. The molecule has 8 amide bonds. The fourth-order valence-electron chi connectivity index (χ4n) is 5.29. The van der Waals surface area contributed by atoms with Crippen LogP contribution in [0.15, 0.2) is 4.99 Å². The summed E-state index contributed by atoms with van der Waals surface area (Å²) in [6, 6.07) is -10.1. The van der Waals surface area contributed by atoms with Gasteiger partial charge in [0, 0.05) is 6.54 Å². The quantitative estimate of drug-likeness (QED) is 0.0175. The maximum atomic E-state index is 13.8. The molecule has 0 fully saturated rings. The zero-order valence-corrected chi connectivity index (χ0v) is 34.5. The van der Waals surface area contributed by atoms with Crippen LogP contribution in [0.4, 0.5) is 0 Å². The monoisotopic (exact) mass is 861 g/mol. The van der Waals surface area contributed by atoms with Gasteiger partial charge in [-0.15, -0.1) is 0 Å². The van der Waals surface area contributed by atoms with Gasteiger partial charge in [0.2, 0.25) is 47.3 Å². The second-order valence-electron chi connectivity index (χ2n) is 14.0. The van der Waals surface area contributed by atoms with E-state index in [4.69, 9.17) is 34.4 Å². The Bertz CT molecular complexity index is 1470. The summed E-state index contributed by atoms with van der Waals surface area (Å²) >= 11 is 1.35. The van der Waals surface area contributed by atoms with Gasteiger partial charge in [-0.2, -0.15) is 11.8 Å². The first-order chi connectivity index (χ1) is 27.7. The number of nitrogens with one attached hydrogen (secondary N) is 6. The number of amides is 8. The van der Waals surface area contributed by atoms with E-state index in [1.54, 1.807) is 20.1 Å². The Morgan fingerprint density at radius 1 is 0.610 bits per heavy atom. The molecule has 0 saturated heterocycles. The standard InChI is InChI=1S/C34H63N13O11S/c1-17(2)13-23(33(57)58)46-29(53)20(8-6-11-41-34(39)40)42-30(54)21(9-12-59-3)44-28(52)19(7-4-5-10-35)43-32(56)24(16-48)47-31(55)22(15-26(38)50)45-27(51)18(36)14-25(37)49/h17-24,48H,4-16,35-36H2,1-3H3,(H2,37,49)(H2,38,50)(H,42,54)(H,43,56)(H,44,52)(H,45,51)(H,46,53)(H,47,55)(H,57,58)(H4,39,40,41)/t18-,19-,20-,21-,22-,23-,24-/m0/s1. The zero-order chi connectivity index (χ0) is 45.2. The Labute approximate surface area is 346 Å². The number of carboxylic acids is 1. The minimum atomic E-state index is -1.74. The summed E-state index contributed by atoms with van der Waals surface area (Å²) in [5.74, 6) is -8.85. The van der Waals surface area contributed by atoms with Crippen LogP contribution in [0, 0.1) is 5.92 Å². The third-order valence-corrected chi connectivity index (χ3v) is 8.98. The summed E-state index contributed by atoms with van der Waals surface area (Å²) in [4.78, 5) is 118. The van der Waals surface area contributed by atoms with Crippen molar-refractivity contribution in [2.45, 2.75) is 114 Å². The Hall–Kier alpha value is -5.27. The lowest BCUT2D eigenvalue weighted by Crippen LogP contribution is -2.60. The molecule has 0 bridgehead atoms. The number of guanidine groups is 1. The number of aliphatic imine (C=N–C) groups is 1. The predicted octanol–water partition coefficient (Wildman–Crippen LogP) is -5.97. The largest absolute Gasteiger partial charge is 0.480 e. The second-order valence-corrected chi connectivity index (χ2v) is 15.0. The average Bonchev–Trinajstić information content (AvgIpc) is 3.14. The van der Waals surface area contributed by atoms with Gasteiger partial charge in [-0.3, -0.25) is 43.3 Å². The van der Waals surface area contributed by atoms with Crippen molar-refractivity contribution in [3.8, 4) is 0 Å². The molecule has 0 aromatic heterocycles. The number of carbonyl (C=O) groups is 9. The molecule has 0 aliphatic heterocycles. The van der Waals surface area contributed by atoms with Gasteiger partial charge in [-0.05, 0) is 69.4 Å². The highest BCUT2D eigenvalue weighted by Crippen LogP contribution is 2.10. The molecule has 0 radical (unpaired) electrons. The Kier molecular flexibility index (Phi) is 26.4.